The largest absolute Gasteiger partial charge is 0.393 e. The van der Waals surface area contributed by atoms with Crippen LogP contribution in [0.5, 0.6) is 0 Å². The van der Waals surface area contributed by atoms with E-state index in [-0.39, 0.29) is 5.91 Å². The van der Waals surface area contributed by atoms with Gasteiger partial charge in [-0.3, -0.25) is 4.79 Å². The van der Waals surface area contributed by atoms with Crippen LogP contribution in [0.4, 0.5) is 5.69 Å². The van der Waals surface area contributed by atoms with E-state index in [1.165, 1.54) is 0 Å². The summed E-state index contributed by atoms with van der Waals surface area (Å²) in [6, 6.07) is 9.82. The van der Waals surface area contributed by atoms with Gasteiger partial charge < -0.3 is 16.4 Å². The molecule has 5 heteroatoms. The number of anilines is 1. The minimum Gasteiger partial charge on any atom is -0.393 e. The Kier molecular flexibility index (Phi) is 5.42. The van der Waals surface area contributed by atoms with Gasteiger partial charge in [0.05, 0.1) is 4.99 Å². The summed E-state index contributed by atoms with van der Waals surface area (Å²) >= 11 is 4.86. The number of thiocarbonyl (C=S) groups is 1. The van der Waals surface area contributed by atoms with Crippen LogP contribution in [0.2, 0.25) is 0 Å². The van der Waals surface area contributed by atoms with Crippen LogP contribution in [0, 0.1) is 0 Å². The Bertz CT molecular complexity index is 363. The first-order valence-corrected chi connectivity index (χ1v) is 5.87. The fraction of sp³-hybridized carbons (Fsp3) is 0.333. The Hall–Kier alpha value is -1.62. The summed E-state index contributed by atoms with van der Waals surface area (Å²) in [5.74, 6) is -0.304. The molecular weight excluding hydrogens is 234 g/mol. The van der Waals surface area contributed by atoms with E-state index >= 15 is 0 Å². The molecule has 17 heavy (non-hydrogen) atoms. The topological polar surface area (TPSA) is 72.4 Å². The van der Waals surface area contributed by atoms with Crippen LogP contribution in [0.1, 0.15) is 12.8 Å². The van der Waals surface area contributed by atoms with Gasteiger partial charge in [0.2, 0.25) is 5.91 Å². The minimum absolute atomic E-state index is 0.304. The van der Waals surface area contributed by atoms with E-state index in [1.54, 1.807) is 0 Å². The van der Waals surface area contributed by atoms with Crippen molar-refractivity contribution in [2.45, 2.75) is 12.8 Å². The second-order valence-corrected chi connectivity index (χ2v) is 4.28. The van der Waals surface area contributed by atoms with E-state index in [1.807, 2.05) is 30.3 Å². The molecule has 0 saturated carbocycles. The first-order chi connectivity index (χ1) is 8.09. The Balaban J connectivity index is 2.64. The lowest BCUT2D eigenvalue weighted by Gasteiger charge is -2.24. The highest BCUT2D eigenvalue weighted by Gasteiger charge is 2.07. The predicted molar refractivity (Wildman–Crippen MR) is 73.9 cm³/mol. The van der Waals surface area contributed by atoms with Gasteiger partial charge in [0.25, 0.3) is 0 Å². The smallest absolute Gasteiger partial charge is 0.219 e. The normalized spacial score (nSPS) is 9.88. The summed E-state index contributed by atoms with van der Waals surface area (Å²) in [7, 11) is 0. The Morgan fingerprint density at radius 1 is 1.12 bits per heavy atom. The molecule has 0 atom stereocenters. The van der Waals surface area contributed by atoms with E-state index in [0.29, 0.717) is 30.9 Å². The minimum atomic E-state index is -0.304. The Morgan fingerprint density at radius 2 is 1.71 bits per heavy atom. The standard InChI is InChI=1S/C12H17N3OS/c13-11(16)6-8-15(9-7-12(14)17)10-4-2-1-3-5-10/h1-5H,6-9H2,(H2,13,16)(H2,14,17). The van der Waals surface area contributed by atoms with E-state index in [2.05, 4.69) is 4.90 Å². The number of carbonyl (C=O) groups is 1. The van der Waals surface area contributed by atoms with Crippen molar-refractivity contribution in [2.75, 3.05) is 18.0 Å². The van der Waals surface area contributed by atoms with E-state index in [0.717, 1.165) is 5.69 Å². The summed E-state index contributed by atoms with van der Waals surface area (Å²) in [6.07, 6.45) is 0.954. The first-order valence-electron chi connectivity index (χ1n) is 5.46. The number of para-hydroxylation sites is 1. The summed E-state index contributed by atoms with van der Waals surface area (Å²) < 4.78 is 0. The number of rotatable bonds is 7. The molecule has 92 valence electrons. The highest BCUT2D eigenvalue weighted by Crippen LogP contribution is 2.13. The van der Waals surface area contributed by atoms with Crippen molar-refractivity contribution >= 4 is 28.8 Å². The highest BCUT2D eigenvalue weighted by atomic mass is 32.1. The van der Waals surface area contributed by atoms with Gasteiger partial charge >= 0.3 is 0 Å². The molecule has 0 aliphatic carbocycles. The molecule has 1 aromatic carbocycles. The zero-order valence-corrected chi connectivity index (χ0v) is 10.5. The predicted octanol–water partition coefficient (Wildman–Crippen LogP) is 1.04. The maximum Gasteiger partial charge on any atom is 0.219 e. The summed E-state index contributed by atoms with van der Waals surface area (Å²) in [5, 5.41) is 0. The summed E-state index contributed by atoms with van der Waals surface area (Å²) in [6.45, 7) is 1.29. The average Bonchev–Trinajstić information content (AvgIpc) is 2.29. The van der Waals surface area contributed by atoms with Crippen molar-refractivity contribution < 1.29 is 4.79 Å². The zero-order valence-electron chi connectivity index (χ0n) is 9.63. The number of primary amides is 1. The number of amides is 1. The Labute approximate surface area is 107 Å². The summed E-state index contributed by atoms with van der Waals surface area (Å²) in [4.78, 5) is 13.4. The average molecular weight is 251 g/mol. The molecule has 1 rings (SSSR count). The molecule has 0 aliphatic rings. The highest BCUT2D eigenvalue weighted by molar-refractivity contribution is 7.80. The third-order valence-corrected chi connectivity index (χ3v) is 2.58. The lowest BCUT2D eigenvalue weighted by molar-refractivity contribution is -0.117. The third kappa shape index (κ3) is 5.31. The van der Waals surface area contributed by atoms with Crippen molar-refractivity contribution in [1.82, 2.24) is 0 Å². The van der Waals surface area contributed by atoms with Gasteiger partial charge in [0, 0.05) is 31.6 Å². The number of hydrogen-bond acceptors (Lipinski definition) is 3. The van der Waals surface area contributed by atoms with Crippen LogP contribution in [0.3, 0.4) is 0 Å². The molecule has 0 spiro atoms. The van der Waals surface area contributed by atoms with E-state index in [4.69, 9.17) is 23.7 Å². The number of nitrogens with zero attached hydrogens (tertiary/aromatic N) is 1. The van der Waals surface area contributed by atoms with Crippen molar-refractivity contribution in [2.24, 2.45) is 11.5 Å². The third-order valence-electron chi connectivity index (χ3n) is 2.38. The maximum absolute atomic E-state index is 10.8. The number of benzene rings is 1. The van der Waals surface area contributed by atoms with Gasteiger partial charge in [-0.2, -0.15) is 0 Å². The van der Waals surface area contributed by atoms with Crippen molar-refractivity contribution in [3.05, 3.63) is 30.3 Å². The summed E-state index contributed by atoms with van der Waals surface area (Å²) in [5.41, 5.74) is 11.7. The van der Waals surface area contributed by atoms with Gasteiger partial charge in [-0.25, -0.2) is 0 Å². The van der Waals surface area contributed by atoms with Gasteiger partial charge in [-0.15, -0.1) is 0 Å². The molecule has 1 aromatic rings. The van der Waals surface area contributed by atoms with Gasteiger partial charge in [0.1, 0.15) is 0 Å². The lowest BCUT2D eigenvalue weighted by Crippen LogP contribution is -2.31. The van der Waals surface area contributed by atoms with Crippen LogP contribution in [-0.2, 0) is 4.79 Å². The zero-order chi connectivity index (χ0) is 12.7. The molecule has 4 N–H and O–H groups in total. The molecule has 0 radical (unpaired) electrons. The number of hydrogen-bond donors (Lipinski definition) is 2. The van der Waals surface area contributed by atoms with Crippen LogP contribution < -0.4 is 16.4 Å². The van der Waals surface area contributed by atoms with E-state index < -0.39 is 0 Å². The van der Waals surface area contributed by atoms with Crippen molar-refractivity contribution in [1.29, 1.82) is 0 Å². The first kappa shape index (κ1) is 13.4. The van der Waals surface area contributed by atoms with Gasteiger partial charge in [-0.05, 0) is 12.1 Å². The molecule has 0 aliphatic heterocycles. The molecule has 0 aromatic heterocycles. The second kappa shape index (κ2) is 6.85. The fourth-order valence-corrected chi connectivity index (χ4v) is 1.59. The van der Waals surface area contributed by atoms with Crippen LogP contribution in [0.25, 0.3) is 0 Å². The molecule has 0 unspecified atom stereocenters. The van der Waals surface area contributed by atoms with Crippen LogP contribution >= 0.6 is 12.2 Å². The van der Waals surface area contributed by atoms with Gasteiger partial charge in [0.15, 0.2) is 0 Å². The van der Waals surface area contributed by atoms with Gasteiger partial charge in [-0.1, -0.05) is 30.4 Å². The molecule has 4 nitrogen and oxygen atoms in total. The molecule has 0 heterocycles. The van der Waals surface area contributed by atoms with E-state index in [9.17, 15) is 4.79 Å². The molecule has 0 fully saturated rings. The second-order valence-electron chi connectivity index (χ2n) is 3.76. The molecule has 0 saturated heterocycles. The quantitative estimate of drug-likeness (QED) is 0.710. The van der Waals surface area contributed by atoms with Crippen LogP contribution in [0.15, 0.2) is 30.3 Å². The van der Waals surface area contributed by atoms with Crippen molar-refractivity contribution in [3.63, 3.8) is 0 Å². The lowest BCUT2D eigenvalue weighted by atomic mass is 10.2. The number of nitrogens with two attached hydrogens (primary N) is 2. The Morgan fingerprint density at radius 3 is 2.24 bits per heavy atom. The maximum atomic E-state index is 10.8. The fourth-order valence-electron chi connectivity index (χ4n) is 1.50. The molecule has 0 bridgehead atoms. The SMILES string of the molecule is NC(=O)CCN(CCC(N)=S)c1ccccc1. The molecule has 1 amide bonds. The monoisotopic (exact) mass is 251 g/mol. The van der Waals surface area contributed by atoms with Crippen molar-refractivity contribution in [3.8, 4) is 0 Å². The molecular formula is C12H17N3OS. The number of carbonyl (C=O) groups excluding carboxylic acids is 1. The van der Waals surface area contributed by atoms with Crippen LogP contribution in [-0.4, -0.2) is 24.0 Å².